The highest BCUT2D eigenvalue weighted by Gasteiger charge is 2.37. The molecule has 21 heavy (non-hydrogen) atoms. The largest absolute Gasteiger partial charge is 0.497 e. The molecule has 0 aliphatic carbocycles. The van der Waals surface area contributed by atoms with Gasteiger partial charge in [0.1, 0.15) is 11.4 Å². The molecule has 3 rings (SSSR count). The number of β-amino-alcohol motifs (C(OH)–C–C–N with tert-alkyl or cyclic N) is 1. The maximum Gasteiger partial charge on any atom is 0.119 e. The fourth-order valence-electron chi connectivity index (χ4n) is 3.00. The minimum Gasteiger partial charge on any atom is -0.497 e. The molecule has 2 aromatic carbocycles. The molecule has 1 saturated heterocycles. The Morgan fingerprint density at radius 2 is 1.95 bits per heavy atom. The highest BCUT2D eigenvalue weighted by molar-refractivity contribution is 5.33. The summed E-state index contributed by atoms with van der Waals surface area (Å²) in [6.45, 7) is 2.45. The van der Waals surface area contributed by atoms with Crippen molar-refractivity contribution in [1.82, 2.24) is 4.90 Å². The van der Waals surface area contributed by atoms with E-state index in [1.54, 1.807) is 7.11 Å². The number of aliphatic hydroxyl groups is 1. The van der Waals surface area contributed by atoms with E-state index < -0.39 is 5.60 Å². The van der Waals surface area contributed by atoms with E-state index in [9.17, 15) is 5.11 Å². The van der Waals surface area contributed by atoms with Crippen LogP contribution in [0.5, 0.6) is 5.75 Å². The van der Waals surface area contributed by atoms with Crippen LogP contribution in [0, 0.1) is 0 Å². The average molecular weight is 283 g/mol. The number of ether oxygens (including phenoxy) is 1. The molecule has 1 atom stereocenters. The minimum absolute atomic E-state index is 0.662. The number of nitrogens with zero attached hydrogens (tertiary/aromatic N) is 1. The monoisotopic (exact) mass is 283 g/mol. The van der Waals surface area contributed by atoms with Crippen LogP contribution in [0.15, 0.2) is 54.6 Å². The Labute approximate surface area is 125 Å². The van der Waals surface area contributed by atoms with Crippen LogP contribution in [-0.2, 0) is 12.1 Å². The quantitative estimate of drug-likeness (QED) is 0.936. The molecule has 1 aliphatic rings. The molecule has 0 amide bonds. The number of hydrogen-bond acceptors (Lipinski definition) is 3. The lowest BCUT2D eigenvalue weighted by Crippen LogP contribution is -2.30. The highest BCUT2D eigenvalue weighted by atomic mass is 16.5. The van der Waals surface area contributed by atoms with Gasteiger partial charge in [-0.2, -0.15) is 0 Å². The van der Waals surface area contributed by atoms with Crippen molar-refractivity contribution in [3.05, 3.63) is 65.7 Å². The van der Waals surface area contributed by atoms with Crippen LogP contribution in [0.2, 0.25) is 0 Å². The summed E-state index contributed by atoms with van der Waals surface area (Å²) in [5.74, 6) is 0.794. The number of rotatable bonds is 4. The molecule has 110 valence electrons. The topological polar surface area (TPSA) is 32.7 Å². The van der Waals surface area contributed by atoms with Gasteiger partial charge in [0.15, 0.2) is 0 Å². The highest BCUT2D eigenvalue weighted by Crippen LogP contribution is 2.34. The zero-order valence-corrected chi connectivity index (χ0v) is 12.3. The molecule has 1 heterocycles. The van der Waals surface area contributed by atoms with Crippen molar-refractivity contribution in [3.8, 4) is 5.75 Å². The summed E-state index contributed by atoms with van der Waals surface area (Å²) >= 11 is 0. The fourth-order valence-corrected chi connectivity index (χ4v) is 3.00. The van der Waals surface area contributed by atoms with Gasteiger partial charge in [-0.05, 0) is 29.7 Å². The molecule has 1 aliphatic heterocycles. The van der Waals surface area contributed by atoms with Gasteiger partial charge < -0.3 is 9.84 Å². The van der Waals surface area contributed by atoms with Gasteiger partial charge in [0.2, 0.25) is 0 Å². The van der Waals surface area contributed by atoms with E-state index in [1.165, 1.54) is 5.56 Å². The number of hydrogen-bond donors (Lipinski definition) is 1. The molecule has 0 radical (unpaired) electrons. The third kappa shape index (κ3) is 3.09. The first-order valence-electron chi connectivity index (χ1n) is 7.33. The molecule has 1 unspecified atom stereocenters. The summed E-state index contributed by atoms with van der Waals surface area (Å²) in [7, 11) is 1.65. The molecule has 0 bridgehead atoms. The van der Waals surface area contributed by atoms with Crippen molar-refractivity contribution in [2.24, 2.45) is 0 Å². The van der Waals surface area contributed by atoms with Gasteiger partial charge in [0, 0.05) is 19.6 Å². The molecular weight excluding hydrogens is 262 g/mol. The predicted octanol–water partition coefficient (Wildman–Crippen LogP) is 2.79. The summed E-state index contributed by atoms with van der Waals surface area (Å²) in [5, 5.41) is 10.9. The third-order valence-corrected chi connectivity index (χ3v) is 4.18. The number of likely N-dealkylation sites (tertiary alicyclic amines) is 1. The van der Waals surface area contributed by atoms with Crippen molar-refractivity contribution in [2.45, 2.75) is 18.6 Å². The van der Waals surface area contributed by atoms with E-state index in [0.717, 1.165) is 30.8 Å². The minimum atomic E-state index is -0.774. The Kier molecular flexibility index (Phi) is 3.95. The van der Waals surface area contributed by atoms with Crippen LogP contribution in [0.25, 0.3) is 0 Å². The van der Waals surface area contributed by atoms with E-state index >= 15 is 0 Å². The standard InChI is InChI=1S/C18H21NO2/c1-21-17-9-5-8-16(12-17)18(20)10-11-19(14-18)13-15-6-3-2-4-7-15/h2-9,12,20H,10-11,13-14H2,1H3. The Hall–Kier alpha value is -1.84. The molecule has 3 nitrogen and oxygen atoms in total. The van der Waals surface area contributed by atoms with Gasteiger partial charge in [-0.15, -0.1) is 0 Å². The van der Waals surface area contributed by atoms with E-state index in [0.29, 0.717) is 6.54 Å². The average Bonchev–Trinajstić information content (AvgIpc) is 2.91. The fraction of sp³-hybridized carbons (Fsp3) is 0.333. The zero-order chi connectivity index (χ0) is 14.7. The lowest BCUT2D eigenvalue weighted by atomic mass is 9.93. The van der Waals surface area contributed by atoms with E-state index in [2.05, 4.69) is 29.2 Å². The molecular formula is C18H21NO2. The second-order valence-corrected chi connectivity index (χ2v) is 5.71. The van der Waals surface area contributed by atoms with Crippen LogP contribution < -0.4 is 4.74 Å². The maximum absolute atomic E-state index is 10.9. The van der Waals surface area contributed by atoms with Gasteiger partial charge in [0.25, 0.3) is 0 Å². The van der Waals surface area contributed by atoms with Crippen molar-refractivity contribution in [2.75, 3.05) is 20.2 Å². The lowest BCUT2D eigenvalue weighted by Gasteiger charge is -2.24. The normalized spacial score (nSPS) is 22.4. The molecule has 2 aromatic rings. The zero-order valence-electron chi connectivity index (χ0n) is 12.3. The first-order valence-corrected chi connectivity index (χ1v) is 7.33. The first-order chi connectivity index (χ1) is 10.2. The lowest BCUT2D eigenvalue weighted by molar-refractivity contribution is 0.0451. The number of methoxy groups -OCH3 is 1. The van der Waals surface area contributed by atoms with Gasteiger partial charge in [0.05, 0.1) is 7.11 Å². The molecule has 0 aromatic heterocycles. The van der Waals surface area contributed by atoms with Crippen LogP contribution in [-0.4, -0.2) is 30.2 Å². The molecule has 0 saturated carbocycles. The Balaban J connectivity index is 1.72. The van der Waals surface area contributed by atoms with E-state index in [4.69, 9.17) is 4.74 Å². The maximum atomic E-state index is 10.9. The molecule has 1 fully saturated rings. The summed E-state index contributed by atoms with van der Waals surface area (Å²) in [6, 6.07) is 18.2. The van der Waals surface area contributed by atoms with Gasteiger partial charge in [-0.3, -0.25) is 4.90 Å². The van der Waals surface area contributed by atoms with Crippen molar-refractivity contribution < 1.29 is 9.84 Å². The summed E-state index contributed by atoms with van der Waals surface area (Å²) < 4.78 is 5.26. The summed E-state index contributed by atoms with van der Waals surface area (Å²) in [4.78, 5) is 2.30. The third-order valence-electron chi connectivity index (χ3n) is 4.18. The van der Waals surface area contributed by atoms with E-state index in [1.807, 2.05) is 30.3 Å². The first kappa shape index (κ1) is 14.1. The Morgan fingerprint density at radius 3 is 2.71 bits per heavy atom. The van der Waals surface area contributed by atoms with Crippen molar-refractivity contribution in [3.63, 3.8) is 0 Å². The second kappa shape index (κ2) is 5.88. The van der Waals surface area contributed by atoms with Crippen molar-refractivity contribution in [1.29, 1.82) is 0 Å². The molecule has 1 N–H and O–H groups in total. The van der Waals surface area contributed by atoms with Crippen LogP contribution >= 0.6 is 0 Å². The summed E-state index contributed by atoms with van der Waals surface area (Å²) in [6.07, 6.45) is 0.757. The van der Waals surface area contributed by atoms with Gasteiger partial charge in [-0.1, -0.05) is 42.5 Å². The van der Waals surface area contributed by atoms with E-state index in [-0.39, 0.29) is 0 Å². The Morgan fingerprint density at radius 1 is 1.14 bits per heavy atom. The number of benzene rings is 2. The smallest absolute Gasteiger partial charge is 0.119 e. The second-order valence-electron chi connectivity index (χ2n) is 5.71. The van der Waals surface area contributed by atoms with Gasteiger partial charge in [-0.25, -0.2) is 0 Å². The molecule has 0 spiro atoms. The predicted molar refractivity (Wildman–Crippen MR) is 83.2 cm³/mol. The molecule has 3 heteroatoms. The van der Waals surface area contributed by atoms with Crippen LogP contribution in [0.3, 0.4) is 0 Å². The van der Waals surface area contributed by atoms with Gasteiger partial charge >= 0.3 is 0 Å². The Bertz CT molecular complexity index is 599. The summed E-state index contributed by atoms with van der Waals surface area (Å²) in [5.41, 5.74) is 1.45. The van der Waals surface area contributed by atoms with Crippen LogP contribution in [0.4, 0.5) is 0 Å². The van der Waals surface area contributed by atoms with Crippen LogP contribution in [0.1, 0.15) is 17.5 Å². The SMILES string of the molecule is COc1cccc(C2(O)CCN(Cc3ccccc3)C2)c1. The van der Waals surface area contributed by atoms with Crippen molar-refractivity contribution >= 4 is 0 Å².